The Balaban J connectivity index is 1.54. The van der Waals surface area contributed by atoms with E-state index < -0.39 is 0 Å². The third kappa shape index (κ3) is 6.53. The van der Waals surface area contributed by atoms with Gasteiger partial charge in [0.05, 0.1) is 13.7 Å². The van der Waals surface area contributed by atoms with Gasteiger partial charge in [0.1, 0.15) is 12.3 Å². The van der Waals surface area contributed by atoms with Gasteiger partial charge < -0.3 is 19.1 Å². The Labute approximate surface area is 208 Å². The van der Waals surface area contributed by atoms with Crippen molar-refractivity contribution in [2.75, 3.05) is 13.7 Å². The molecule has 0 spiro atoms. The van der Waals surface area contributed by atoms with Gasteiger partial charge in [-0.3, -0.25) is 9.59 Å². The van der Waals surface area contributed by atoms with Crippen LogP contribution in [0.1, 0.15) is 43.5 Å². The Morgan fingerprint density at radius 2 is 1.71 bits per heavy atom. The Bertz CT molecular complexity index is 1130. The van der Waals surface area contributed by atoms with Crippen LogP contribution in [0.2, 0.25) is 0 Å². The van der Waals surface area contributed by atoms with E-state index in [1.54, 1.807) is 12.0 Å². The van der Waals surface area contributed by atoms with E-state index >= 15 is 0 Å². The number of amides is 2. The zero-order valence-corrected chi connectivity index (χ0v) is 20.9. The summed E-state index contributed by atoms with van der Waals surface area (Å²) < 4.78 is 7.53. The Kier molecular flexibility index (Phi) is 7.91. The van der Waals surface area contributed by atoms with E-state index in [4.69, 9.17) is 4.74 Å². The summed E-state index contributed by atoms with van der Waals surface area (Å²) in [5.74, 6) is 0.985. The average Bonchev–Trinajstić information content (AvgIpc) is 3.63. The molecule has 0 aliphatic heterocycles. The van der Waals surface area contributed by atoms with E-state index in [0.717, 1.165) is 35.4 Å². The first-order valence-electron chi connectivity index (χ1n) is 12.3. The molecule has 0 bridgehead atoms. The minimum absolute atomic E-state index is 0.0115. The summed E-state index contributed by atoms with van der Waals surface area (Å²) >= 11 is 0. The Morgan fingerprint density at radius 3 is 2.40 bits per heavy atom. The van der Waals surface area contributed by atoms with Crippen molar-refractivity contribution in [3.8, 4) is 5.75 Å². The van der Waals surface area contributed by atoms with Crippen LogP contribution in [0, 0.1) is 5.92 Å². The summed E-state index contributed by atoms with van der Waals surface area (Å²) in [5.41, 5.74) is 3.24. The molecule has 0 radical (unpaired) electrons. The van der Waals surface area contributed by atoms with Crippen molar-refractivity contribution in [2.45, 2.75) is 52.4 Å². The molecule has 1 aliphatic rings. The number of rotatable bonds is 11. The number of carbonyl (C=O) groups is 2. The molecule has 2 aromatic carbocycles. The lowest BCUT2D eigenvalue weighted by atomic mass is 10.2. The zero-order valence-electron chi connectivity index (χ0n) is 20.9. The highest BCUT2D eigenvalue weighted by Gasteiger charge is 2.35. The van der Waals surface area contributed by atoms with Gasteiger partial charge in [-0.25, -0.2) is 0 Å². The molecule has 1 saturated carbocycles. The van der Waals surface area contributed by atoms with Crippen molar-refractivity contribution in [2.24, 2.45) is 5.92 Å². The molecule has 0 N–H and O–H groups in total. The maximum Gasteiger partial charge on any atom is 0.242 e. The predicted octanol–water partition coefficient (Wildman–Crippen LogP) is 4.72. The van der Waals surface area contributed by atoms with E-state index in [1.165, 1.54) is 0 Å². The van der Waals surface area contributed by atoms with Crippen LogP contribution in [0.3, 0.4) is 0 Å². The molecule has 184 valence electrons. The van der Waals surface area contributed by atoms with Crippen LogP contribution < -0.4 is 4.74 Å². The topological polar surface area (TPSA) is 54.8 Å². The van der Waals surface area contributed by atoms with Gasteiger partial charge in [-0.05, 0) is 62.1 Å². The fourth-order valence-corrected chi connectivity index (χ4v) is 4.27. The molecule has 1 aromatic heterocycles. The molecule has 2 amide bonds. The Morgan fingerprint density at radius 1 is 0.971 bits per heavy atom. The number of hydrogen-bond acceptors (Lipinski definition) is 3. The van der Waals surface area contributed by atoms with E-state index in [0.29, 0.717) is 19.6 Å². The highest BCUT2D eigenvalue weighted by molar-refractivity contribution is 5.87. The summed E-state index contributed by atoms with van der Waals surface area (Å²) in [6.45, 7) is 5.71. The number of hydrogen-bond donors (Lipinski definition) is 0. The van der Waals surface area contributed by atoms with Crippen molar-refractivity contribution in [3.05, 3.63) is 89.7 Å². The van der Waals surface area contributed by atoms with Gasteiger partial charge >= 0.3 is 0 Å². The molecule has 4 rings (SSSR count). The molecule has 0 unspecified atom stereocenters. The molecule has 0 saturated heterocycles. The predicted molar refractivity (Wildman–Crippen MR) is 137 cm³/mol. The van der Waals surface area contributed by atoms with Crippen molar-refractivity contribution in [3.63, 3.8) is 0 Å². The molecular formula is C29H35N3O3. The van der Waals surface area contributed by atoms with Gasteiger partial charge in [0.2, 0.25) is 11.8 Å². The van der Waals surface area contributed by atoms with Crippen molar-refractivity contribution >= 4 is 11.8 Å². The first kappa shape index (κ1) is 24.6. The largest absolute Gasteiger partial charge is 0.497 e. The maximum absolute atomic E-state index is 13.6. The number of nitrogens with zero attached hydrogens (tertiary/aromatic N) is 3. The summed E-state index contributed by atoms with van der Waals surface area (Å²) in [6.07, 6.45) is 3.90. The number of methoxy groups -OCH3 is 1. The molecule has 1 aliphatic carbocycles. The lowest BCUT2D eigenvalue weighted by Crippen LogP contribution is -2.46. The van der Waals surface area contributed by atoms with Crippen LogP contribution in [0.15, 0.2) is 72.9 Å². The van der Waals surface area contributed by atoms with Crippen molar-refractivity contribution in [1.29, 1.82) is 0 Å². The van der Waals surface area contributed by atoms with Crippen molar-refractivity contribution < 1.29 is 14.3 Å². The van der Waals surface area contributed by atoms with Gasteiger partial charge in [-0.2, -0.15) is 0 Å². The van der Waals surface area contributed by atoms with Gasteiger partial charge in [0.15, 0.2) is 0 Å². The molecule has 35 heavy (non-hydrogen) atoms. The van der Waals surface area contributed by atoms with Crippen LogP contribution >= 0.6 is 0 Å². The monoisotopic (exact) mass is 473 g/mol. The maximum atomic E-state index is 13.6. The minimum Gasteiger partial charge on any atom is -0.497 e. The minimum atomic E-state index is -0.0364. The van der Waals surface area contributed by atoms with E-state index in [2.05, 4.69) is 16.7 Å². The highest BCUT2D eigenvalue weighted by atomic mass is 16.5. The van der Waals surface area contributed by atoms with Crippen LogP contribution in [-0.4, -0.2) is 45.9 Å². The smallest absolute Gasteiger partial charge is 0.242 e. The van der Waals surface area contributed by atoms with Crippen LogP contribution in [-0.2, 0) is 29.2 Å². The normalized spacial score (nSPS) is 13.0. The highest BCUT2D eigenvalue weighted by Crippen LogP contribution is 2.31. The third-order valence-corrected chi connectivity index (χ3v) is 6.47. The fourth-order valence-electron chi connectivity index (χ4n) is 4.27. The molecule has 6 heteroatoms. The van der Waals surface area contributed by atoms with Gasteiger partial charge in [0.25, 0.3) is 0 Å². The summed E-state index contributed by atoms with van der Waals surface area (Å²) in [4.78, 5) is 30.0. The standard InChI is InChI=1S/C29H35N3O3/c1-22(2)32(29(34)25-14-15-25)21-28(33)31(18-23-9-5-4-6-10-23)20-26-12-8-16-30(26)19-24-11-7-13-27(17-24)35-3/h4-13,16-17,22,25H,14-15,18-21H2,1-3H3. The second-order valence-electron chi connectivity index (χ2n) is 9.55. The lowest BCUT2D eigenvalue weighted by Gasteiger charge is -2.30. The second kappa shape index (κ2) is 11.3. The van der Waals surface area contributed by atoms with Gasteiger partial charge in [-0.1, -0.05) is 42.5 Å². The fraction of sp³-hybridized carbons (Fsp3) is 0.379. The average molecular weight is 474 g/mol. The van der Waals surface area contributed by atoms with Crippen LogP contribution in [0.25, 0.3) is 0 Å². The lowest BCUT2D eigenvalue weighted by molar-refractivity contribution is -0.143. The van der Waals surface area contributed by atoms with Crippen molar-refractivity contribution in [1.82, 2.24) is 14.4 Å². The third-order valence-electron chi connectivity index (χ3n) is 6.47. The number of carbonyl (C=O) groups excluding carboxylic acids is 2. The molecule has 1 heterocycles. The number of ether oxygens (including phenoxy) is 1. The Hall–Kier alpha value is -3.54. The summed E-state index contributed by atoms with van der Waals surface area (Å²) in [6, 6.07) is 22.1. The SMILES string of the molecule is COc1cccc(Cn2cccc2CN(Cc2ccccc2)C(=O)CN(C(=O)C2CC2)C(C)C)c1. The van der Waals surface area contributed by atoms with Gasteiger partial charge in [0, 0.05) is 36.9 Å². The van der Waals surface area contributed by atoms with E-state index in [9.17, 15) is 9.59 Å². The van der Waals surface area contributed by atoms with Crippen LogP contribution in [0.4, 0.5) is 0 Å². The summed E-state index contributed by atoms with van der Waals surface area (Å²) in [7, 11) is 1.67. The molecule has 6 nitrogen and oxygen atoms in total. The van der Waals surface area contributed by atoms with Crippen LogP contribution in [0.5, 0.6) is 5.75 Å². The second-order valence-corrected chi connectivity index (χ2v) is 9.55. The zero-order chi connectivity index (χ0) is 24.8. The first-order valence-corrected chi connectivity index (χ1v) is 12.3. The molecular weight excluding hydrogens is 438 g/mol. The molecule has 1 fully saturated rings. The molecule has 3 aromatic rings. The first-order chi connectivity index (χ1) is 16.9. The van der Waals surface area contributed by atoms with E-state index in [1.807, 2.05) is 79.5 Å². The summed E-state index contributed by atoms with van der Waals surface area (Å²) in [5, 5.41) is 0. The van der Waals surface area contributed by atoms with E-state index in [-0.39, 0.29) is 30.3 Å². The number of aromatic nitrogens is 1. The molecule has 0 atom stereocenters. The number of benzene rings is 2. The van der Waals surface area contributed by atoms with Gasteiger partial charge in [-0.15, -0.1) is 0 Å². The quantitative estimate of drug-likeness (QED) is 0.405.